The number of nitrogens with zero attached hydrogens (tertiary/aromatic N) is 3. The van der Waals surface area contributed by atoms with E-state index >= 15 is 0 Å². The molecule has 34 heavy (non-hydrogen) atoms. The van der Waals surface area contributed by atoms with Gasteiger partial charge in [0.05, 0.1) is 26.5 Å². The second kappa shape index (κ2) is 10.5. The maximum atomic E-state index is 12.6. The van der Waals surface area contributed by atoms with Crippen LogP contribution in [0.3, 0.4) is 0 Å². The molecule has 4 aromatic rings. The molecule has 0 spiro atoms. The van der Waals surface area contributed by atoms with Crippen LogP contribution in [0.1, 0.15) is 23.7 Å². The number of hydrogen-bond acceptors (Lipinski definition) is 6. The first-order chi connectivity index (χ1) is 16.6. The lowest BCUT2D eigenvalue weighted by molar-refractivity contribution is 0.102. The van der Waals surface area contributed by atoms with Crippen molar-refractivity contribution in [1.82, 2.24) is 14.8 Å². The van der Waals surface area contributed by atoms with Crippen molar-refractivity contribution in [3.63, 3.8) is 0 Å². The third-order valence-electron chi connectivity index (χ3n) is 5.05. The molecule has 0 fully saturated rings. The van der Waals surface area contributed by atoms with Crippen LogP contribution >= 0.6 is 0 Å². The van der Waals surface area contributed by atoms with Gasteiger partial charge in [-0.05, 0) is 61.0 Å². The molecule has 1 N–H and O–H groups in total. The summed E-state index contributed by atoms with van der Waals surface area (Å²) in [6.45, 7) is 2.55. The molecule has 0 bridgehead atoms. The molecule has 0 aliphatic heterocycles. The molecule has 8 heteroatoms. The van der Waals surface area contributed by atoms with Crippen LogP contribution in [0, 0.1) is 0 Å². The first kappa shape index (κ1) is 22.8. The Morgan fingerprint density at radius 3 is 2.35 bits per heavy atom. The number of carbonyl (C=O) groups excluding carboxylic acids is 1. The molecule has 0 unspecified atom stereocenters. The number of nitrogens with one attached hydrogen (secondary N) is 1. The van der Waals surface area contributed by atoms with E-state index in [1.54, 1.807) is 43.2 Å². The van der Waals surface area contributed by atoms with Crippen molar-refractivity contribution in [2.75, 3.05) is 26.1 Å². The van der Waals surface area contributed by atoms with Crippen LogP contribution in [0.5, 0.6) is 17.5 Å². The van der Waals surface area contributed by atoms with E-state index in [-0.39, 0.29) is 5.91 Å². The molecule has 0 aliphatic carbocycles. The molecule has 1 aromatic heterocycles. The van der Waals surface area contributed by atoms with Gasteiger partial charge in [0.15, 0.2) is 5.82 Å². The molecule has 1 heterocycles. The van der Waals surface area contributed by atoms with Crippen LogP contribution in [0.4, 0.5) is 5.69 Å². The van der Waals surface area contributed by atoms with Crippen molar-refractivity contribution in [3.8, 4) is 34.6 Å². The lowest BCUT2D eigenvalue weighted by Gasteiger charge is -2.09. The Balaban J connectivity index is 1.61. The summed E-state index contributed by atoms with van der Waals surface area (Å²) < 4.78 is 17.9. The van der Waals surface area contributed by atoms with Gasteiger partial charge in [-0.25, -0.2) is 4.68 Å². The topological polar surface area (TPSA) is 87.5 Å². The smallest absolute Gasteiger partial charge is 0.336 e. The first-order valence-electron chi connectivity index (χ1n) is 10.9. The predicted molar refractivity (Wildman–Crippen MR) is 130 cm³/mol. The lowest BCUT2D eigenvalue weighted by Crippen LogP contribution is -2.12. The largest absolute Gasteiger partial charge is 0.497 e. The number of ether oxygens (including phenoxy) is 3. The molecular formula is C26H26N4O4. The Kier molecular flexibility index (Phi) is 7.07. The zero-order chi connectivity index (χ0) is 23.9. The van der Waals surface area contributed by atoms with Gasteiger partial charge in [-0.15, -0.1) is 5.10 Å². The van der Waals surface area contributed by atoms with Crippen molar-refractivity contribution in [3.05, 3.63) is 78.4 Å². The Labute approximate surface area is 198 Å². The van der Waals surface area contributed by atoms with Crippen LogP contribution in [-0.4, -0.2) is 41.5 Å². The standard InChI is InChI=1S/C26H26N4O4/c1-4-15-34-26-28-24(18-7-5-9-22(16-18)32-2)30(29-26)21-13-11-20(12-14-21)27-25(31)19-8-6-10-23(17-19)33-3/h5-14,16-17H,4,15H2,1-3H3,(H,27,31). The molecule has 0 radical (unpaired) electrons. The van der Waals surface area contributed by atoms with Crippen molar-refractivity contribution < 1.29 is 19.0 Å². The zero-order valence-corrected chi connectivity index (χ0v) is 19.3. The highest BCUT2D eigenvalue weighted by Gasteiger charge is 2.16. The van der Waals surface area contributed by atoms with E-state index in [4.69, 9.17) is 14.2 Å². The highest BCUT2D eigenvalue weighted by atomic mass is 16.5. The number of aromatic nitrogens is 3. The van der Waals surface area contributed by atoms with Gasteiger partial charge in [-0.3, -0.25) is 4.79 Å². The molecule has 0 saturated carbocycles. The predicted octanol–water partition coefficient (Wildman–Crippen LogP) is 4.99. The van der Waals surface area contributed by atoms with Gasteiger partial charge in [0, 0.05) is 16.8 Å². The zero-order valence-electron chi connectivity index (χ0n) is 19.3. The van der Waals surface area contributed by atoms with Crippen LogP contribution in [-0.2, 0) is 0 Å². The Hall–Kier alpha value is -4.33. The van der Waals surface area contributed by atoms with E-state index in [0.29, 0.717) is 35.4 Å². The van der Waals surface area contributed by atoms with Gasteiger partial charge in [0.2, 0.25) is 0 Å². The molecule has 8 nitrogen and oxygen atoms in total. The third kappa shape index (κ3) is 5.17. The summed E-state index contributed by atoms with van der Waals surface area (Å²) in [6, 6.07) is 22.3. The molecule has 3 aromatic carbocycles. The van der Waals surface area contributed by atoms with Gasteiger partial charge < -0.3 is 19.5 Å². The molecule has 0 atom stereocenters. The molecule has 1 amide bonds. The van der Waals surface area contributed by atoms with Gasteiger partial charge in [0.25, 0.3) is 5.91 Å². The van der Waals surface area contributed by atoms with Crippen LogP contribution < -0.4 is 19.5 Å². The van der Waals surface area contributed by atoms with Gasteiger partial charge >= 0.3 is 6.01 Å². The maximum absolute atomic E-state index is 12.6. The molecule has 4 rings (SSSR count). The second-order valence-corrected chi connectivity index (χ2v) is 7.44. The SMILES string of the molecule is CCCOc1nc(-c2cccc(OC)c2)n(-c2ccc(NC(=O)c3cccc(OC)c3)cc2)n1. The summed E-state index contributed by atoms with van der Waals surface area (Å²) in [5, 5.41) is 7.45. The van der Waals surface area contributed by atoms with Crippen LogP contribution in [0.15, 0.2) is 72.8 Å². The fraction of sp³-hybridized carbons (Fsp3) is 0.192. The molecule has 0 aliphatic rings. The van der Waals surface area contributed by atoms with E-state index in [2.05, 4.69) is 15.4 Å². The molecule has 174 valence electrons. The Morgan fingerprint density at radius 1 is 0.941 bits per heavy atom. The monoisotopic (exact) mass is 458 g/mol. The summed E-state index contributed by atoms with van der Waals surface area (Å²) >= 11 is 0. The number of hydrogen-bond donors (Lipinski definition) is 1. The van der Waals surface area contributed by atoms with Crippen molar-refractivity contribution in [2.24, 2.45) is 0 Å². The number of anilines is 1. The summed E-state index contributed by atoms with van der Waals surface area (Å²) in [5.41, 5.74) is 2.78. The highest BCUT2D eigenvalue weighted by molar-refractivity contribution is 6.04. The van der Waals surface area contributed by atoms with Crippen LogP contribution in [0.25, 0.3) is 17.1 Å². The highest BCUT2D eigenvalue weighted by Crippen LogP contribution is 2.27. The Bertz CT molecular complexity index is 1270. The lowest BCUT2D eigenvalue weighted by atomic mass is 10.2. The first-order valence-corrected chi connectivity index (χ1v) is 10.9. The number of methoxy groups -OCH3 is 2. The normalized spacial score (nSPS) is 10.6. The van der Waals surface area contributed by atoms with Gasteiger partial charge in [0.1, 0.15) is 11.5 Å². The number of carbonyl (C=O) groups is 1. The quantitative estimate of drug-likeness (QED) is 0.380. The minimum atomic E-state index is -0.222. The van der Waals surface area contributed by atoms with Crippen molar-refractivity contribution >= 4 is 11.6 Å². The Morgan fingerprint density at radius 2 is 1.65 bits per heavy atom. The average Bonchev–Trinajstić information content (AvgIpc) is 3.32. The fourth-order valence-electron chi connectivity index (χ4n) is 3.33. The van der Waals surface area contributed by atoms with E-state index in [1.807, 2.05) is 55.5 Å². The average molecular weight is 459 g/mol. The summed E-state index contributed by atoms with van der Waals surface area (Å²) in [7, 11) is 3.19. The van der Waals surface area contributed by atoms with E-state index in [1.165, 1.54) is 0 Å². The summed E-state index contributed by atoms with van der Waals surface area (Å²) in [5.74, 6) is 1.75. The van der Waals surface area contributed by atoms with Crippen LogP contribution in [0.2, 0.25) is 0 Å². The van der Waals surface area contributed by atoms with E-state index in [0.717, 1.165) is 23.4 Å². The number of amides is 1. The minimum absolute atomic E-state index is 0.222. The van der Waals surface area contributed by atoms with E-state index in [9.17, 15) is 4.79 Å². The molecule has 0 saturated heterocycles. The second-order valence-electron chi connectivity index (χ2n) is 7.44. The van der Waals surface area contributed by atoms with E-state index < -0.39 is 0 Å². The third-order valence-corrected chi connectivity index (χ3v) is 5.05. The summed E-state index contributed by atoms with van der Waals surface area (Å²) in [6.07, 6.45) is 0.852. The van der Waals surface area contributed by atoms with Crippen molar-refractivity contribution in [1.29, 1.82) is 0 Å². The van der Waals surface area contributed by atoms with Crippen molar-refractivity contribution in [2.45, 2.75) is 13.3 Å². The maximum Gasteiger partial charge on any atom is 0.336 e. The minimum Gasteiger partial charge on any atom is -0.497 e. The number of rotatable bonds is 9. The molecular weight excluding hydrogens is 432 g/mol. The summed E-state index contributed by atoms with van der Waals surface area (Å²) in [4.78, 5) is 17.2. The number of benzene rings is 3. The fourth-order valence-corrected chi connectivity index (χ4v) is 3.33. The van der Waals surface area contributed by atoms with Gasteiger partial charge in [-0.2, -0.15) is 4.98 Å². The van der Waals surface area contributed by atoms with Gasteiger partial charge in [-0.1, -0.05) is 25.1 Å².